The summed E-state index contributed by atoms with van der Waals surface area (Å²) in [6, 6.07) is 8.38. The highest BCUT2D eigenvalue weighted by Crippen LogP contribution is 2.36. The predicted octanol–water partition coefficient (Wildman–Crippen LogP) is 4.11. The third kappa shape index (κ3) is 4.76. The van der Waals surface area contributed by atoms with E-state index in [-0.39, 0.29) is 43.3 Å². The largest absolute Gasteiger partial charge is 0.416 e. The van der Waals surface area contributed by atoms with Crippen molar-refractivity contribution in [2.24, 2.45) is 0 Å². The van der Waals surface area contributed by atoms with Crippen LogP contribution in [-0.4, -0.2) is 41.9 Å². The minimum atomic E-state index is -4.68. The van der Waals surface area contributed by atoms with Crippen LogP contribution >= 0.6 is 0 Å². The quantitative estimate of drug-likeness (QED) is 0.321. The normalized spacial score (nSPS) is 14.9. The number of hydrogen-bond acceptors (Lipinski definition) is 4. The number of carbonyl (C=O) groups excluding carboxylic acids is 1. The molecule has 1 aliphatic heterocycles. The van der Waals surface area contributed by atoms with Crippen molar-refractivity contribution in [1.29, 1.82) is 0 Å². The van der Waals surface area contributed by atoms with Gasteiger partial charge in [-0.2, -0.15) is 13.2 Å². The lowest BCUT2D eigenvalue weighted by Gasteiger charge is -2.35. The van der Waals surface area contributed by atoms with E-state index in [0.29, 0.717) is 6.07 Å². The van der Waals surface area contributed by atoms with Crippen molar-refractivity contribution in [3.05, 3.63) is 75.6 Å². The zero-order valence-corrected chi connectivity index (χ0v) is 15.6. The molecular formula is C20H17F4N3O3. The van der Waals surface area contributed by atoms with Crippen LogP contribution in [0.2, 0.25) is 0 Å². The standard InChI is InChI=1S/C20H17F4N3O3/c21-16-4-2-1-3-14(16)5-8-19(28)26-11-9-25(10-12-26)17-7-6-15(20(22,23)24)13-18(17)27(29)30/h1-8,13H,9-12H2/b8-5+. The summed E-state index contributed by atoms with van der Waals surface area (Å²) >= 11 is 0. The summed E-state index contributed by atoms with van der Waals surface area (Å²) in [6.07, 6.45) is -2.07. The molecular weight excluding hydrogens is 406 g/mol. The Kier molecular flexibility index (Phi) is 6.04. The highest BCUT2D eigenvalue weighted by Gasteiger charge is 2.34. The SMILES string of the molecule is O=C(/C=C/c1ccccc1F)N1CCN(c2ccc(C(F)(F)F)cc2[N+](=O)[O-])CC1. The van der Waals surface area contributed by atoms with E-state index in [0.717, 1.165) is 12.1 Å². The van der Waals surface area contributed by atoms with E-state index in [4.69, 9.17) is 0 Å². The van der Waals surface area contributed by atoms with Gasteiger partial charge >= 0.3 is 6.18 Å². The number of piperazine rings is 1. The van der Waals surface area contributed by atoms with Gasteiger partial charge in [-0.1, -0.05) is 18.2 Å². The van der Waals surface area contributed by atoms with Crippen LogP contribution in [0.3, 0.4) is 0 Å². The van der Waals surface area contributed by atoms with Gasteiger partial charge in [-0.3, -0.25) is 14.9 Å². The number of halogens is 4. The minimum absolute atomic E-state index is 0.0713. The monoisotopic (exact) mass is 423 g/mol. The zero-order valence-electron chi connectivity index (χ0n) is 15.6. The Labute approximate surface area is 169 Å². The second-order valence-electron chi connectivity index (χ2n) is 6.63. The molecule has 0 aliphatic carbocycles. The first-order valence-corrected chi connectivity index (χ1v) is 8.99. The van der Waals surface area contributed by atoms with Crippen molar-refractivity contribution in [2.45, 2.75) is 6.18 Å². The van der Waals surface area contributed by atoms with Gasteiger partial charge in [0.05, 0.1) is 10.5 Å². The molecule has 10 heteroatoms. The van der Waals surface area contributed by atoms with E-state index in [1.54, 1.807) is 11.0 Å². The Balaban J connectivity index is 1.69. The summed E-state index contributed by atoms with van der Waals surface area (Å²) in [6.45, 7) is 0.869. The van der Waals surface area contributed by atoms with Gasteiger partial charge < -0.3 is 9.80 Å². The summed E-state index contributed by atoms with van der Waals surface area (Å²) in [4.78, 5) is 25.8. The number of rotatable bonds is 4. The third-order valence-corrected chi connectivity index (χ3v) is 4.74. The Morgan fingerprint density at radius 3 is 2.33 bits per heavy atom. The number of nitrogens with zero attached hydrogens (tertiary/aromatic N) is 3. The lowest BCUT2D eigenvalue weighted by Crippen LogP contribution is -2.48. The Morgan fingerprint density at radius 2 is 1.73 bits per heavy atom. The summed E-state index contributed by atoms with van der Waals surface area (Å²) in [5.41, 5.74) is -1.39. The Hall–Kier alpha value is -3.43. The van der Waals surface area contributed by atoms with Gasteiger partial charge in [0.15, 0.2) is 0 Å². The summed E-state index contributed by atoms with van der Waals surface area (Å²) in [7, 11) is 0. The summed E-state index contributed by atoms with van der Waals surface area (Å²) in [5, 5.41) is 11.3. The van der Waals surface area contributed by atoms with E-state index < -0.39 is 28.2 Å². The smallest absolute Gasteiger partial charge is 0.362 e. The Morgan fingerprint density at radius 1 is 1.07 bits per heavy atom. The number of hydrogen-bond donors (Lipinski definition) is 0. The average Bonchev–Trinajstić information content (AvgIpc) is 2.72. The molecule has 1 aliphatic rings. The molecule has 0 saturated carbocycles. The topological polar surface area (TPSA) is 66.7 Å². The van der Waals surface area contributed by atoms with Crippen LogP contribution in [0.1, 0.15) is 11.1 Å². The molecule has 0 atom stereocenters. The lowest BCUT2D eigenvalue weighted by atomic mass is 10.1. The number of anilines is 1. The highest BCUT2D eigenvalue weighted by atomic mass is 19.4. The van der Waals surface area contributed by atoms with Crippen molar-refractivity contribution in [3.8, 4) is 0 Å². The summed E-state index contributed by atoms with van der Waals surface area (Å²) < 4.78 is 52.2. The van der Waals surface area contributed by atoms with Crippen molar-refractivity contribution in [2.75, 3.05) is 31.1 Å². The fourth-order valence-corrected chi connectivity index (χ4v) is 3.16. The van der Waals surface area contributed by atoms with Gasteiger partial charge in [0.1, 0.15) is 11.5 Å². The van der Waals surface area contributed by atoms with E-state index in [2.05, 4.69) is 0 Å². The maximum absolute atomic E-state index is 13.6. The molecule has 1 fully saturated rings. The van der Waals surface area contributed by atoms with E-state index in [1.165, 1.54) is 35.3 Å². The van der Waals surface area contributed by atoms with Crippen molar-refractivity contribution >= 4 is 23.4 Å². The highest BCUT2D eigenvalue weighted by molar-refractivity contribution is 5.92. The van der Waals surface area contributed by atoms with Crippen LogP contribution < -0.4 is 4.90 Å². The van der Waals surface area contributed by atoms with Crippen LogP contribution in [-0.2, 0) is 11.0 Å². The molecule has 2 aromatic carbocycles. The van der Waals surface area contributed by atoms with E-state index in [1.807, 2.05) is 0 Å². The first-order valence-electron chi connectivity index (χ1n) is 8.99. The number of amides is 1. The number of nitro benzene ring substituents is 1. The van der Waals surface area contributed by atoms with Gasteiger partial charge in [-0.15, -0.1) is 0 Å². The predicted molar refractivity (Wildman–Crippen MR) is 102 cm³/mol. The molecule has 30 heavy (non-hydrogen) atoms. The van der Waals surface area contributed by atoms with Crippen molar-refractivity contribution in [3.63, 3.8) is 0 Å². The molecule has 0 N–H and O–H groups in total. The molecule has 3 rings (SSSR count). The average molecular weight is 423 g/mol. The molecule has 2 aromatic rings. The summed E-state index contributed by atoms with van der Waals surface area (Å²) in [5.74, 6) is -0.805. The Bertz CT molecular complexity index is 984. The number of carbonyl (C=O) groups is 1. The number of alkyl halides is 3. The fraction of sp³-hybridized carbons (Fsp3) is 0.250. The van der Waals surface area contributed by atoms with Crippen molar-refractivity contribution in [1.82, 2.24) is 4.90 Å². The van der Waals surface area contributed by atoms with Gasteiger partial charge in [0.2, 0.25) is 5.91 Å². The molecule has 0 unspecified atom stereocenters. The second kappa shape index (κ2) is 8.52. The maximum atomic E-state index is 13.6. The van der Waals surface area contributed by atoms with Crippen LogP contribution in [0.15, 0.2) is 48.5 Å². The number of nitro groups is 1. The molecule has 0 bridgehead atoms. The maximum Gasteiger partial charge on any atom is 0.416 e. The fourth-order valence-electron chi connectivity index (χ4n) is 3.16. The molecule has 0 radical (unpaired) electrons. The number of benzene rings is 2. The van der Waals surface area contributed by atoms with Gasteiger partial charge in [-0.05, 0) is 24.3 Å². The molecule has 1 amide bonds. The zero-order chi connectivity index (χ0) is 21.9. The molecule has 158 valence electrons. The van der Waals surface area contributed by atoms with Gasteiger partial charge in [0.25, 0.3) is 5.69 Å². The van der Waals surface area contributed by atoms with Crippen LogP contribution in [0, 0.1) is 15.9 Å². The molecule has 0 spiro atoms. The van der Waals surface area contributed by atoms with Crippen LogP contribution in [0.5, 0.6) is 0 Å². The molecule has 6 nitrogen and oxygen atoms in total. The van der Waals surface area contributed by atoms with E-state index in [9.17, 15) is 32.5 Å². The third-order valence-electron chi connectivity index (χ3n) is 4.74. The van der Waals surface area contributed by atoms with Crippen LogP contribution in [0.4, 0.5) is 28.9 Å². The molecule has 1 heterocycles. The molecule has 0 aromatic heterocycles. The second-order valence-corrected chi connectivity index (χ2v) is 6.63. The van der Waals surface area contributed by atoms with E-state index >= 15 is 0 Å². The van der Waals surface area contributed by atoms with Crippen molar-refractivity contribution < 1.29 is 27.3 Å². The first kappa shape index (κ1) is 21.3. The van der Waals surface area contributed by atoms with Gasteiger partial charge in [-0.25, -0.2) is 4.39 Å². The van der Waals surface area contributed by atoms with Crippen LogP contribution in [0.25, 0.3) is 6.08 Å². The first-order chi connectivity index (χ1) is 14.2. The lowest BCUT2D eigenvalue weighted by molar-refractivity contribution is -0.384. The van der Waals surface area contributed by atoms with Gasteiger partial charge in [0, 0.05) is 43.9 Å². The minimum Gasteiger partial charge on any atom is -0.362 e. The molecule has 1 saturated heterocycles.